The highest BCUT2D eigenvalue weighted by atomic mass is 14.3. The van der Waals surface area contributed by atoms with Gasteiger partial charge in [0.2, 0.25) is 0 Å². The zero-order valence-electron chi connectivity index (χ0n) is 10.5. The van der Waals surface area contributed by atoms with Gasteiger partial charge < -0.3 is 0 Å². The van der Waals surface area contributed by atoms with Crippen LogP contribution in [-0.2, 0) is 0 Å². The minimum absolute atomic E-state index is 0.291. The fraction of sp³-hybridized carbons (Fsp3) is 0.714. The third kappa shape index (κ3) is 3.32. The first-order chi connectivity index (χ1) is 6.51. The van der Waals surface area contributed by atoms with Crippen molar-refractivity contribution in [3.05, 3.63) is 24.8 Å². The van der Waals surface area contributed by atoms with Crippen LogP contribution in [0.5, 0.6) is 0 Å². The minimum Gasteiger partial charge on any atom is -0.103 e. The average molecular weight is 194 g/mol. The van der Waals surface area contributed by atoms with Crippen molar-refractivity contribution in [1.29, 1.82) is 0 Å². The fourth-order valence-corrected chi connectivity index (χ4v) is 2.58. The van der Waals surface area contributed by atoms with Gasteiger partial charge in [-0.1, -0.05) is 52.3 Å². The fourth-order valence-electron chi connectivity index (χ4n) is 2.58. The number of hydrogen-bond donors (Lipinski definition) is 0. The Kier molecular flexibility index (Phi) is 5.83. The zero-order chi connectivity index (χ0) is 11.2. The molecule has 0 heterocycles. The Morgan fingerprint density at radius 2 is 1.93 bits per heavy atom. The maximum absolute atomic E-state index is 3.98. The Balaban J connectivity index is 4.84. The second kappa shape index (κ2) is 6.06. The van der Waals surface area contributed by atoms with Gasteiger partial charge in [0.25, 0.3) is 0 Å². The van der Waals surface area contributed by atoms with Crippen LogP contribution in [0.25, 0.3) is 0 Å². The monoisotopic (exact) mass is 194 g/mol. The lowest BCUT2D eigenvalue weighted by molar-refractivity contribution is 0.224. The number of rotatable bonds is 6. The van der Waals surface area contributed by atoms with Gasteiger partial charge in [-0.3, -0.25) is 0 Å². The van der Waals surface area contributed by atoms with Crippen LogP contribution in [0.2, 0.25) is 0 Å². The van der Waals surface area contributed by atoms with Crippen LogP contribution in [0.1, 0.15) is 47.5 Å². The van der Waals surface area contributed by atoms with Crippen LogP contribution < -0.4 is 0 Å². The smallest absolute Gasteiger partial charge is 0.00817 e. The van der Waals surface area contributed by atoms with Gasteiger partial charge in [-0.2, -0.15) is 0 Å². The van der Waals surface area contributed by atoms with E-state index >= 15 is 0 Å². The van der Waals surface area contributed by atoms with E-state index in [4.69, 9.17) is 0 Å². The Bertz CT molecular complexity index is 188. The summed E-state index contributed by atoms with van der Waals surface area (Å²) in [6.07, 6.45) is 9.13. The summed E-state index contributed by atoms with van der Waals surface area (Å²) in [6.45, 7) is 15.2. The highest BCUT2D eigenvalue weighted by Crippen LogP contribution is 2.39. The lowest BCUT2D eigenvalue weighted by Gasteiger charge is -2.36. The van der Waals surface area contributed by atoms with Crippen molar-refractivity contribution in [3.8, 4) is 0 Å². The molecule has 0 aromatic rings. The predicted molar refractivity (Wildman–Crippen MR) is 66.4 cm³/mol. The third-order valence-corrected chi connectivity index (χ3v) is 3.07. The molecular weight excluding hydrogens is 168 g/mol. The van der Waals surface area contributed by atoms with E-state index in [9.17, 15) is 0 Å². The van der Waals surface area contributed by atoms with E-state index in [1.807, 2.05) is 0 Å². The second-order valence-corrected chi connectivity index (χ2v) is 4.76. The largest absolute Gasteiger partial charge is 0.103 e. The minimum atomic E-state index is 0.291. The molecular formula is C14H26. The molecule has 14 heavy (non-hydrogen) atoms. The maximum Gasteiger partial charge on any atom is -0.00817 e. The van der Waals surface area contributed by atoms with E-state index in [1.165, 1.54) is 12.8 Å². The van der Waals surface area contributed by atoms with Gasteiger partial charge >= 0.3 is 0 Å². The van der Waals surface area contributed by atoms with Crippen molar-refractivity contribution < 1.29 is 0 Å². The zero-order valence-corrected chi connectivity index (χ0v) is 10.5. The van der Waals surface area contributed by atoms with E-state index in [1.54, 1.807) is 0 Å². The summed E-state index contributed by atoms with van der Waals surface area (Å²) in [5, 5.41) is 0. The molecule has 2 atom stereocenters. The summed E-state index contributed by atoms with van der Waals surface area (Å²) < 4.78 is 0. The van der Waals surface area contributed by atoms with E-state index in [2.05, 4.69) is 59.4 Å². The van der Waals surface area contributed by atoms with Crippen molar-refractivity contribution in [2.75, 3.05) is 0 Å². The van der Waals surface area contributed by atoms with Crippen LogP contribution in [0, 0.1) is 17.3 Å². The summed E-state index contributed by atoms with van der Waals surface area (Å²) in [6, 6.07) is 0. The van der Waals surface area contributed by atoms with E-state index in [0.29, 0.717) is 17.3 Å². The van der Waals surface area contributed by atoms with Crippen molar-refractivity contribution >= 4 is 0 Å². The summed E-state index contributed by atoms with van der Waals surface area (Å²) in [5.41, 5.74) is 0.291. The molecule has 0 bridgehead atoms. The van der Waals surface area contributed by atoms with E-state index < -0.39 is 0 Å². The van der Waals surface area contributed by atoms with Crippen LogP contribution in [0.4, 0.5) is 0 Å². The molecule has 0 aliphatic rings. The summed E-state index contributed by atoms with van der Waals surface area (Å²) in [4.78, 5) is 0. The first-order valence-electron chi connectivity index (χ1n) is 5.78. The van der Waals surface area contributed by atoms with Gasteiger partial charge in [0.15, 0.2) is 0 Å². The molecule has 0 fully saturated rings. The molecule has 0 aromatic heterocycles. The molecule has 0 spiro atoms. The average Bonchev–Trinajstić information content (AvgIpc) is 2.04. The molecule has 2 unspecified atom stereocenters. The molecule has 0 aliphatic carbocycles. The van der Waals surface area contributed by atoms with Crippen molar-refractivity contribution in [2.24, 2.45) is 17.3 Å². The Hall–Kier alpha value is -0.520. The van der Waals surface area contributed by atoms with Crippen molar-refractivity contribution in [2.45, 2.75) is 47.5 Å². The van der Waals surface area contributed by atoms with Crippen LogP contribution in [-0.4, -0.2) is 0 Å². The van der Waals surface area contributed by atoms with Gasteiger partial charge in [-0.25, -0.2) is 0 Å². The van der Waals surface area contributed by atoms with Crippen molar-refractivity contribution in [3.63, 3.8) is 0 Å². The lowest BCUT2D eigenvalue weighted by atomic mass is 9.69. The van der Waals surface area contributed by atoms with Gasteiger partial charge in [-0.15, -0.1) is 6.58 Å². The first kappa shape index (κ1) is 13.5. The van der Waals surface area contributed by atoms with Gasteiger partial charge in [-0.05, 0) is 30.6 Å². The highest BCUT2D eigenvalue weighted by Gasteiger charge is 2.30. The quantitative estimate of drug-likeness (QED) is 0.531. The number of hydrogen-bond acceptors (Lipinski definition) is 0. The molecule has 0 amide bonds. The topological polar surface area (TPSA) is 0 Å². The SMILES string of the molecule is C=CC(C(C)C)C(C)(/C=C\C)CCC. The number of allylic oxidation sites excluding steroid dienone is 3. The molecule has 0 saturated heterocycles. The Morgan fingerprint density at radius 3 is 2.21 bits per heavy atom. The van der Waals surface area contributed by atoms with Gasteiger partial charge in [0.1, 0.15) is 0 Å². The Morgan fingerprint density at radius 1 is 1.36 bits per heavy atom. The first-order valence-corrected chi connectivity index (χ1v) is 5.78. The maximum atomic E-state index is 3.98. The standard InChI is InChI=1S/C14H26/c1-7-10-14(6,11-8-2)13(9-3)12(4)5/h7,9-10,12-13H,3,8,11H2,1-2,4-6H3/b10-7-. The molecule has 82 valence electrons. The normalized spacial score (nSPS) is 18.4. The van der Waals surface area contributed by atoms with E-state index in [-0.39, 0.29) is 0 Å². The molecule has 0 rings (SSSR count). The van der Waals surface area contributed by atoms with Crippen molar-refractivity contribution in [1.82, 2.24) is 0 Å². The van der Waals surface area contributed by atoms with Crippen LogP contribution >= 0.6 is 0 Å². The molecule has 0 aliphatic heterocycles. The second-order valence-electron chi connectivity index (χ2n) is 4.76. The molecule has 0 saturated carbocycles. The molecule has 0 radical (unpaired) electrons. The van der Waals surface area contributed by atoms with Crippen LogP contribution in [0.15, 0.2) is 24.8 Å². The molecule has 0 heteroatoms. The van der Waals surface area contributed by atoms with Crippen LogP contribution in [0.3, 0.4) is 0 Å². The summed E-state index contributed by atoms with van der Waals surface area (Å²) in [5.74, 6) is 1.25. The van der Waals surface area contributed by atoms with Gasteiger partial charge in [0.05, 0.1) is 0 Å². The summed E-state index contributed by atoms with van der Waals surface area (Å²) in [7, 11) is 0. The molecule has 0 aromatic carbocycles. The summed E-state index contributed by atoms with van der Waals surface area (Å²) >= 11 is 0. The highest BCUT2D eigenvalue weighted by molar-refractivity contribution is 5.05. The lowest BCUT2D eigenvalue weighted by Crippen LogP contribution is -2.27. The molecule has 0 nitrogen and oxygen atoms in total. The molecule has 0 N–H and O–H groups in total. The van der Waals surface area contributed by atoms with Gasteiger partial charge in [0, 0.05) is 0 Å². The predicted octanol–water partition coefficient (Wildman–Crippen LogP) is 4.83. The third-order valence-electron chi connectivity index (χ3n) is 3.07. The Labute approximate surface area is 90.1 Å². The van der Waals surface area contributed by atoms with E-state index in [0.717, 1.165) is 0 Å².